The van der Waals surface area contributed by atoms with Crippen molar-refractivity contribution in [3.8, 4) is 0 Å². The third kappa shape index (κ3) is 1.98. The predicted octanol–water partition coefficient (Wildman–Crippen LogP) is 0.160. The Hall–Kier alpha value is -1.03. The lowest BCUT2D eigenvalue weighted by atomic mass is 10.1. The molecule has 4 heteroatoms. The summed E-state index contributed by atoms with van der Waals surface area (Å²) in [4.78, 5) is 13.6. The Morgan fingerprint density at radius 3 is 2.75 bits per heavy atom. The normalized spacial score (nSPS) is 13.7. The monoisotopic (exact) mass is 169 g/mol. The van der Waals surface area contributed by atoms with Gasteiger partial charge in [-0.15, -0.1) is 0 Å². The lowest BCUT2D eigenvalue weighted by Gasteiger charge is -2.14. The van der Waals surface area contributed by atoms with E-state index in [4.69, 9.17) is 5.73 Å². The smallest absolute Gasteiger partial charge is 0.325 e. The van der Waals surface area contributed by atoms with Crippen LogP contribution >= 0.6 is 0 Å². The zero-order valence-corrected chi connectivity index (χ0v) is 7.45. The highest BCUT2D eigenvalue weighted by atomic mass is 16.1. The maximum atomic E-state index is 11.0. The molecule has 0 spiro atoms. The molecule has 1 atom stereocenters. The summed E-state index contributed by atoms with van der Waals surface area (Å²) in [6.07, 6.45) is 3.33. The van der Waals surface area contributed by atoms with Gasteiger partial charge in [-0.3, -0.25) is 4.57 Å². The van der Waals surface area contributed by atoms with Crippen LogP contribution in [0.5, 0.6) is 0 Å². The highest BCUT2D eigenvalue weighted by Crippen LogP contribution is 1.99. The molecule has 1 unspecified atom stereocenters. The number of imidazole rings is 1. The van der Waals surface area contributed by atoms with E-state index in [9.17, 15) is 4.79 Å². The second-order valence-corrected chi connectivity index (χ2v) is 3.33. The molecule has 1 aromatic heterocycles. The van der Waals surface area contributed by atoms with E-state index in [1.165, 1.54) is 0 Å². The molecule has 1 aromatic rings. The molecule has 12 heavy (non-hydrogen) atoms. The fourth-order valence-electron chi connectivity index (χ4n) is 0.931. The highest BCUT2D eigenvalue weighted by Gasteiger charge is 2.08. The Balaban J connectivity index is 2.64. The minimum absolute atomic E-state index is 0.0403. The van der Waals surface area contributed by atoms with Crippen LogP contribution in [0.15, 0.2) is 17.2 Å². The summed E-state index contributed by atoms with van der Waals surface area (Å²) < 4.78 is 1.59. The van der Waals surface area contributed by atoms with Gasteiger partial charge >= 0.3 is 5.69 Å². The van der Waals surface area contributed by atoms with Crippen molar-refractivity contribution in [1.29, 1.82) is 0 Å². The van der Waals surface area contributed by atoms with Crippen molar-refractivity contribution in [2.75, 3.05) is 0 Å². The van der Waals surface area contributed by atoms with Crippen molar-refractivity contribution in [2.24, 2.45) is 11.7 Å². The number of nitrogens with one attached hydrogen (secondary N) is 1. The van der Waals surface area contributed by atoms with E-state index >= 15 is 0 Å². The Morgan fingerprint density at radius 1 is 1.67 bits per heavy atom. The van der Waals surface area contributed by atoms with Gasteiger partial charge in [0, 0.05) is 25.0 Å². The summed E-state index contributed by atoms with van der Waals surface area (Å²) in [6, 6.07) is 0.0403. The van der Waals surface area contributed by atoms with Crippen molar-refractivity contribution in [3.05, 3.63) is 22.9 Å². The van der Waals surface area contributed by atoms with Gasteiger partial charge in [0.05, 0.1) is 0 Å². The Bertz CT molecular complexity index is 286. The number of nitrogens with zero attached hydrogens (tertiary/aromatic N) is 1. The second kappa shape index (κ2) is 3.58. The van der Waals surface area contributed by atoms with Crippen molar-refractivity contribution >= 4 is 0 Å². The molecular weight excluding hydrogens is 154 g/mol. The molecule has 0 radical (unpaired) electrons. The Labute approximate surface area is 71.4 Å². The fraction of sp³-hybridized carbons (Fsp3) is 0.625. The molecule has 0 amide bonds. The SMILES string of the molecule is CC(C)C(N)Cn1cc[nH]c1=O. The first-order valence-electron chi connectivity index (χ1n) is 4.10. The molecule has 0 fully saturated rings. The van der Waals surface area contributed by atoms with Crippen LogP contribution in [0.1, 0.15) is 13.8 Å². The van der Waals surface area contributed by atoms with Gasteiger partial charge < -0.3 is 10.7 Å². The molecule has 3 N–H and O–H groups in total. The van der Waals surface area contributed by atoms with E-state index in [0.717, 1.165) is 0 Å². The van der Waals surface area contributed by atoms with E-state index in [-0.39, 0.29) is 11.7 Å². The molecule has 0 aromatic carbocycles. The molecule has 0 aliphatic carbocycles. The lowest BCUT2D eigenvalue weighted by Crippen LogP contribution is -2.34. The van der Waals surface area contributed by atoms with Crippen LogP contribution in [0.3, 0.4) is 0 Å². The molecule has 0 aliphatic rings. The van der Waals surface area contributed by atoms with Gasteiger partial charge in [0.15, 0.2) is 0 Å². The minimum Gasteiger partial charge on any atom is -0.326 e. The van der Waals surface area contributed by atoms with Gasteiger partial charge in [-0.2, -0.15) is 0 Å². The average Bonchev–Trinajstić information content (AvgIpc) is 2.36. The standard InChI is InChI=1S/C8H15N3O/c1-6(2)7(9)5-11-4-3-10-8(11)12/h3-4,6-7H,5,9H2,1-2H3,(H,10,12). The molecule has 0 bridgehead atoms. The topological polar surface area (TPSA) is 63.8 Å². The molecule has 68 valence electrons. The number of H-pyrrole nitrogens is 1. The summed E-state index contributed by atoms with van der Waals surface area (Å²) >= 11 is 0. The van der Waals surface area contributed by atoms with Crippen LogP contribution in [0, 0.1) is 5.92 Å². The summed E-state index contributed by atoms with van der Waals surface area (Å²) in [6.45, 7) is 4.67. The fourth-order valence-corrected chi connectivity index (χ4v) is 0.931. The quantitative estimate of drug-likeness (QED) is 0.677. The van der Waals surface area contributed by atoms with Gasteiger partial charge in [0.2, 0.25) is 0 Å². The van der Waals surface area contributed by atoms with Crippen molar-refractivity contribution in [2.45, 2.75) is 26.4 Å². The van der Waals surface area contributed by atoms with E-state index in [2.05, 4.69) is 4.98 Å². The number of aromatic nitrogens is 2. The average molecular weight is 169 g/mol. The maximum absolute atomic E-state index is 11.0. The molecular formula is C8H15N3O. The summed E-state index contributed by atoms with van der Waals surface area (Å²) in [5.41, 5.74) is 5.71. The zero-order chi connectivity index (χ0) is 9.14. The van der Waals surface area contributed by atoms with Crippen LogP contribution < -0.4 is 11.4 Å². The summed E-state index contributed by atoms with van der Waals surface area (Å²) in [7, 11) is 0. The summed E-state index contributed by atoms with van der Waals surface area (Å²) in [5, 5.41) is 0. The molecule has 0 saturated heterocycles. The van der Waals surface area contributed by atoms with Gasteiger partial charge in [-0.25, -0.2) is 4.79 Å². The van der Waals surface area contributed by atoms with Gasteiger partial charge in [-0.1, -0.05) is 13.8 Å². The Kier molecular flexibility index (Phi) is 2.70. The van der Waals surface area contributed by atoms with Crippen molar-refractivity contribution in [1.82, 2.24) is 9.55 Å². The van der Waals surface area contributed by atoms with Crippen LogP contribution in [0.25, 0.3) is 0 Å². The van der Waals surface area contributed by atoms with Gasteiger partial charge in [0.1, 0.15) is 0 Å². The third-order valence-electron chi connectivity index (χ3n) is 1.99. The second-order valence-electron chi connectivity index (χ2n) is 3.33. The molecule has 4 nitrogen and oxygen atoms in total. The van der Waals surface area contributed by atoms with Crippen LogP contribution in [0.4, 0.5) is 0 Å². The third-order valence-corrected chi connectivity index (χ3v) is 1.99. The molecule has 1 heterocycles. The first kappa shape index (κ1) is 9.06. The first-order valence-corrected chi connectivity index (χ1v) is 4.10. The van der Waals surface area contributed by atoms with Crippen LogP contribution in [0.2, 0.25) is 0 Å². The largest absolute Gasteiger partial charge is 0.326 e. The number of aromatic amines is 1. The lowest BCUT2D eigenvalue weighted by molar-refractivity contribution is 0.428. The Morgan fingerprint density at radius 2 is 2.33 bits per heavy atom. The van der Waals surface area contributed by atoms with Gasteiger partial charge in [-0.05, 0) is 5.92 Å². The molecule has 0 aliphatic heterocycles. The molecule has 0 saturated carbocycles. The van der Waals surface area contributed by atoms with Crippen molar-refractivity contribution < 1.29 is 0 Å². The van der Waals surface area contributed by atoms with Crippen LogP contribution in [-0.4, -0.2) is 15.6 Å². The number of hydrogen-bond donors (Lipinski definition) is 2. The maximum Gasteiger partial charge on any atom is 0.325 e. The van der Waals surface area contributed by atoms with E-state index in [0.29, 0.717) is 12.5 Å². The summed E-state index contributed by atoms with van der Waals surface area (Å²) in [5.74, 6) is 0.395. The highest BCUT2D eigenvalue weighted by molar-refractivity contribution is 4.78. The van der Waals surface area contributed by atoms with E-state index in [1.54, 1.807) is 17.0 Å². The zero-order valence-electron chi connectivity index (χ0n) is 7.45. The number of rotatable bonds is 3. The molecule has 1 rings (SSSR count). The van der Waals surface area contributed by atoms with Gasteiger partial charge in [0.25, 0.3) is 0 Å². The number of hydrogen-bond acceptors (Lipinski definition) is 2. The van der Waals surface area contributed by atoms with E-state index in [1.807, 2.05) is 13.8 Å². The van der Waals surface area contributed by atoms with Crippen molar-refractivity contribution in [3.63, 3.8) is 0 Å². The minimum atomic E-state index is -0.0916. The predicted molar refractivity (Wildman–Crippen MR) is 47.9 cm³/mol. The van der Waals surface area contributed by atoms with E-state index < -0.39 is 0 Å². The van der Waals surface area contributed by atoms with Crippen LogP contribution in [-0.2, 0) is 6.54 Å². The number of nitrogens with two attached hydrogens (primary N) is 1. The first-order chi connectivity index (χ1) is 5.61.